The number of carbonyl (C=O) groups is 2. The van der Waals surface area contributed by atoms with Gasteiger partial charge in [-0.05, 0) is 36.5 Å². The van der Waals surface area contributed by atoms with Crippen LogP contribution in [0.25, 0.3) is 6.08 Å². The lowest BCUT2D eigenvalue weighted by Gasteiger charge is -2.36. The molecule has 0 saturated carbocycles. The summed E-state index contributed by atoms with van der Waals surface area (Å²) < 4.78 is 0. The highest BCUT2D eigenvalue weighted by molar-refractivity contribution is 5.98. The topological polar surface area (TPSA) is 52.7 Å². The summed E-state index contributed by atoms with van der Waals surface area (Å²) in [6, 6.07) is 17.3. The molecule has 0 aliphatic carbocycles. The largest absolute Gasteiger partial charge is 0.340 e. The predicted molar refractivity (Wildman–Crippen MR) is 130 cm³/mol. The molecule has 2 aromatic carbocycles. The minimum absolute atomic E-state index is 0.0279. The molecule has 5 heteroatoms. The first kappa shape index (κ1) is 23.7. The molecule has 1 fully saturated rings. The van der Waals surface area contributed by atoms with Gasteiger partial charge < -0.3 is 10.2 Å². The molecular formula is C27H35N3O2. The van der Waals surface area contributed by atoms with Crippen molar-refractivity contribution in [1.29, 1.82) is 0 Å². The van der Waals surface area contributed by atoms with Crippen molar-refractivity contribution < 1.29 is 9.59 Å². The van der Waals surface area contributed by atoms with Gasteiger partial charge in [0, 0.05) is 38.3 Å². The lowest BCUT2D eigenvalue weighted by Crippen LogP contribution is -2.55. The normalized spacial score (nSPS) is 15.8. The third-order valence-electron chi connectivity index (χ3n) is 5.86. The van der Waals surface area contributed by atoms with Crippen LogP contribution in [0.3, 0.4) is 0 Å². The van der Waals surface area contributed by atoms with Crippen LogP contribution in [-0.2, 0) is 4.79 Å². The fraction of sp³-hybridized carbons (Fsp3) is 0.407. The summed E-state index contributed by atoms with van der Waals surface area (Å²) in [5.74, 6) is 0.164. The van der Waals surface area contributed by atoms with E-state index in [0.29, 0.717) is 31.0 Å². The van der Waals surface area contributed by atoms with Crippen molar-refractivity contribution in [2.45, 2.75) is 33.2 Å². The summed E-state index contributed by atoms with van der Waals surface area (Å²) in [6.07, 6.45) is 4.95. The van der Waals surface area contributed by atoms with E-state index >= 15 is 0 Å². The summed E-state index contributed by atoms with van der Waals surface area (Å²) >= 11 is 0. The van der Waals surface area contributed by atoms with Crippen molar-refractivity contribution in [3.8, 4) is 0 Å². The van der Waals surface area contributed by atoms with Crippen LogP contribution >= 0.6 is 0 Å². The van der Waals surface area contributed by atoms with E-state index in [1.165, 1.54) is 5.56 Å². The number of carbonyl (C=O) groups excluding carboxylic acids is 2. The van der Waals surface area contributed by atoms with Gasteiger partial charge in [0.1, 0.15) is 6.04 Å². The quantitative estimate of drug-likeness (QED) is 0.685. The molecule has 1 heterocycles. The number of nitrogens with zero attached hydrogens (tertiary/aromatic N) is 2. The summed E-state index contributed by atoms with van der Waals surface area (Å²) in [5.41, 5.74) is 2.74. The van der Waals surface area contributed by atoms with E-state index < -0.39 is 6.04 Å². The SMILES string of the molecule is Cc1ccccc1C(=O)NC(CC(C)C)C(=O)N1CCN(CC=Cc2ccccc2)CC1. The molecule has 0 aromatic heterocycles. The first-order valence-electron chi connectivity index (χ1n) is 11.5. The standard InChI is InChI=1S/C27H35N3O2/c1-21(2)20-25(28-26(31)24-14-8-7-10-22(24)3)27(32)30-18-16-29(17-19-30)15-9-13-23-11-5-4-6-12-23/h4-14,21,25H,15-20H2,1-3H3,(H,28,31). The zero-order valence-electron chi connectivity index (χ0n) is 19.5. The number of piperazine rings is 1. The molecule has 170 valence electrons. The Labute approximate surface area is 192 Å². The number of hydrogen-bond donors (Lipinski definition) is 1. The Bertz CT molecular complexity index is 916. The Morgan fingerprint density at radius 2 is 1.62 bits per heavy atom. The fourth-order valence-corrected chi connectivity index (χ4v) is 4.03. The van der Waals surface area contributed by atoms with Crippen LogP contribution in [0.5, 0.6) is 0 Å². The third kappa shape index (κ3) is 6.79. The van der Waals surface area contributed by atoms with Gasteiger partial charge in [0.2, 0.25) is 5.91 Å². The van der Waals surface area contributed by atoms with Crippen molar-refractivity contribution >= 4 is 17.9 Å². The average molecular weight is 434 g/mol. The molecule has 1 aliphatic heterocycles. The minimum atomic E-state index is -0.494. The number of amides is 2. The second-order valence-electron chi connectivity index (χ2n) is 8.91. The molecule has 32 heavy (non-hydrogen) atoms. The third-order valence-corrected chi connectivity index (χ3v) is 5.86. The maximum atomic E-state index is 13.3. The first-order valence-corrected chi connectivity index (χ1v) is 11.5. The van der Waals surface area contributed by atoms with E-state index in [-0.39, 0.29) is 11.8 Å². The van der Waals surface area contributed by atoms with Crippen LogP contribution in [0.4, 0.5) is 0 Å². The van der Waals surface area contributed by atoms with Gasteiger partial charge in [-0.3, -0.25) is 14.5 Å². The highest BCUT2D eigenvalue weighted by Gasteiger charge is 2.29. The van der Waals surface area contributed by atoms with Crippen molar-refractivity contribution in [3.63, 3.8) is 0 Å². The van der Waals surface area contributed by atoms with Crippen LogP contribution in [0.15, 0.2) is 60.7 Å². The monoisotopic (exact) mass is 433 g/mol. The lowest BCUT2D eigenvalue weighted by atomic mass is 10.0. The molecule has 0 bridgehead atoms. The summed E-state index contributed by atoms with van der Waals surface area (Å²) in [5, 5.41) is 3.01. The van der Waals surface area contributed by atoms with Gasteiger partial charge in [0.15, 0.2) is 0 Å². The number of aryl methyl sites for hydroxylation is 1. The number of rotatable bonds is 8. The molecule has 0 spiro atoms. The lowest BCUT2D eigenvalue weighted by molar-refractivity contribution is -0.135. The van der Waals surface area contributed by atoms with Crippen LogP contribution in [0.1, 0.15) is 41.8 Å². The Morgan fingerprint density at radius 1 is 0.969 bits per heavy atom. The number of benzene rings is 2. The fourth-order valence-electron chi connectivity index (χ4n) is 4.03. The maximum absolute atomic E-state index is 13.3. The maximum Gasteiger partial charge on any atom is 0.252 e. The van der Waals surface area contributed by atoms with E-state index in [2.05, 4.69) is 48.3 Å². The van der Waals surface area contributed by atoms with Crippen molar-refractivity contribution in [3.05, 3.63) is 77.4 Å². The van der Waals surface area contributed by atoms with Gasteiger partial charge in [0.25, 0.3) is 5.91 Å². The zero-order valence-corrected chi connectivity index (χ0v) is 19.5. The van der Waals surface area contributed by atoms with Crippen LogP contribution in [0.2, 0.25) is 0 Å². The molecular weight excluding hydrogens is 398 g/mol. The molecule has 2 amide bonds. The van der Waals surface area contributed by atoms with Gasteiger partial charge in [-0.2, -0.15) is 0 Å². The second kappa shape index (κ2) is 11.6. The second-order valence-corrected chi connectivity index (χ2v) is 8.91. The van der Waals surface area contributed by atoms with Gasteiger partial charge >= 0.3 is 0 Å². The molecule has 1 N–H and O–H groups in total. The van der Waals surface area contributed by atoms with Crippen molar-refractivity contribution in [2.75, 3.05) is 32.7 Å². The van der Waals surface area contributed by atoms with Crippen LogP contribution in [-0.4, -0.2) is 60.4 Å². The molecule has 5 nitrogen and oxygen atoms in total. The van der Waals surface area contributed by atoms with Crippen LogP contribution in [0, 0.1) is 12.8 Å². The molecule has 1 unspecified atom stereocenters. The Morgan fingerprint density at radius 3 is 2.28 bits per heavy atom. The Balaban J connectivity index is 1.55. The van der Waals surface area contributed by atoms with E-state index in [1.807, 2.05) is 54.3 Å². The smallest absolute Gasteiger partial charge is 0.252 e. The summed E-state index contributed by atoms with van der Waals surface area (Å²) in [4.78, 5) is 30.4. The van der Waals surface area contributed by atoms with Crippen LogP contribution < -0.4 is 5.32 Å². The molecule has 1 saturated heterocycles. The highest BCUT2D eigenvalue weighted by atomic mass is 16.2. The van der Waals surface area contributed by atoms with Gasteiger partial charge in [0.05, 0.1) is 0 Å². The van der Waals surface area contributed by atoms with Gasteiger partial charge in [-0.15, -0.1) is 0 Å². The minimum Gasteiger partial charge on any atom is -0.340 e. The van der Waals surface area contributed by atoms with Gasteiger partial charge in [-0.25, -0.2) is 0 Å². The summed E-state index contributed by atoms with van der Waals surface area (Å²) in [7, 11) is 0. The van der Waals surface area contributed by atoms with E-state index in [1.54, 1.807) is 0 Å². The van der Waals surface area contributed by atoms with Crippen molar-refractivity contribution in [1.82, 2.24) is 15.1 Å². The summed E-state index contributed by atoms with van der Waals surface area (Å²) in [6.45, 7) is 10.0. The number of hydrogen-bond acceptors (Lipinski definition) is 3. The predicted octanol–water partition coefficient (Wildman–Crippen LogP) is 4.00. The molecule has 2 aromatic rings. The first-order chi connectivity index (χ1) is 15.4. The molecule has 1 atom stereocenters. The van der Waals surface area contributed by atoms with E-state index in [0.717, 1.165) is 25.2 Å². The van der Waals surface area contributed by atoms with Gasteiger partial charge in [-0.1, -0.05) is 74.5 Å². The Hall–Kier alpha value is -2.92. The van der Waals surface area contributed by atoms with E-state index in [4.69, 9.17) is 0 Å². The average Bonchev–Trinajstić information content (AvgIpc) is 2.79. The van der Waals surface area contributed by atoms with E-state index in [9.17, 15) is 9.59 Å². The highest BCUT2D eigenvalue weighted by Crippen LogP contribution is 2.13. The molecule has 1 aliphatic rings. The number of nitrogens with one attached hydrogen (secondary N) is 1. The van der Waals surface area contributed by atoms with Crippen molar-refractivity contribution in [2.24, 2.45) is 5.92 Å². The zero-order chi connectivity index (χ0) is 22.9. The molecule has 3 rings (SSSR count). The molecule has 0 radical (unpaired) electrons. The Kier molecular flexibility index (Phi) is 8.63.